The summed E-state index contributed by atoms with van der Waals surface area (Å²) in [5, 5.41) is 16.2. The van der Waals surface area contributed by atoms with E-state index in [0.717, 1.165) is 0 Å². The molecule has 1 N–H and O–H groups in total. The van der Waals surface area contributed by atoms with Gasteiger partial charge in [0.25, 0.3) is 0 Å². The number of carboxylic acids is 1. The highest BCUT2D eigenvalue weighted by molar-refractivity contribution is 5.76. The summed E-state index contributed by atoms with van der Waals surface area (Å²) < 4.78 is 6.77. The number of carboxylic acid groups (broad SMARTS) is 1. The lowest BCUT2D eigenvalue weighted by Gasteiger charge is -2.26. The molecule has 8 heteroatoms. The van der Waals surface area contributed by atoms with Crippen LogP contribution in [0.1, 0.15) is 18.5 Å². The predicted octanol–water partition coefficient (Wildman–Crippen LogP) is -0.456. The van der Waals surface area contributed by atoms with Crippen molar-refractivity contribution in [2.45, 2.75) is 25.8 Å². The van der Waals surface area contributed by atoms with Gasteiger partial charge in [0, 0.05) is 32.3 Å². The predicted molar refractivity (Wildman–Crippen MR) is 68.0 cm³/mol. The maximum absolute atomic E-state index is 11.9. The molecule has 0 unspecified atom stereocenters. The molecular formula is C12H18N4O4. The third-order valence-corrected chi connectivity index (χ3v) is 3.06. The van der Waals surface area contributed by atoms with E-state index in [1.54, 1.807) is 15.8 Å². The van der Waals surface area contributed by atoms with Gasteiger partial charge in [-0.2, -0.15) is 0 Å². The van der Waals surface area contributed by atoms with Crippen molar-refractivity contribution in [3.05, 3.63) is 11.9 Å². The monoisotopic (exact) mass is 282 g/mol. The lowest BCUT2D eigenvalue weighted by Crippen LogP contribution is -2.40. The van der Waals surface area contributed by atoms with E-state index in [9.17, 15) is 9.59 Å². The van der Waals surface area contributed by atoms with Crippen LogP contribution in [0.3, 0.4) is 0 Å². The quantitative estimate of drug-likeness (QED) is 0.758. The van der Waals surface area contributed by atoms with E-state index in [2.05, 4.69) is 10.3 Å². The Bertz CT molecular complexity index is 468. The number of rotatable bonds is 6. The van der Waals surface area contributed by atoms with Crippen molar-refractivity contribution in [3.8, 4) is 0 Å². The van der Waals surface area contributed by atoms with Crippen molar-refractivity contribution in [1.29, 1.82) is 0 Å². The number of carbonyl (C=O) groups excluding carboxylic acids is 1. The Kier molecular flexibility index (Phi) is 5.05. The summed E-state index contributed by atoms with van der Waals surface area (Å²) in [4.78, 5) is 24.2. The fourth-order valence-electron chi connectivity index (χ4n) is 2.05. The second-order valence-electron chi connectivity index (χ2n) is 4.64. The molecule has 0 aromatic carbocycles. The maximum Gasteiger partial charge on any atom is 0.309 e. The van der Waals surface area contributed by atoms with Crippen LogP contribution < -0.4 is 0 Å². The number of ether oxygens (including phenoxy) is 1. The Morgan fingerprint density at radius 2 is 2.10 bits per heavy atom. The minimum absolute atomic E-state index is 0.124. The van der Waals surface area contributed by atoms with Gasteiger partial charge in [-0.1, -0.05) is 5.21 Å². The summed E-state index contributed by atoms with van der Waals surface area (Å²) in [6.07, 6.45) is 2.58. The van der Waals surface area contributed by atoms with E-state index in [-0.39, 0.29) is 12.3 Å². The molecule has 1 aromatic rings. The Morgan fingerprint density at radius 1 is 1.35 bits per heavy atom. The smallest absolute Gasteiger partial charge is 0.309 e. The van der Waals surface area contributed by atoms with Crippen molar-refractivity contribution in [2.24, 2.45) is 0 Å². The highest BCUT2D eigenvalue weighted by Gasteiger charge is 2.16. The summed E-state index contributed by atoms with van der Waals surface area (Å²) in [7, 11) is 0. The van der Waals surface area contributed by atoms with Crippen LogP contribution in [0.5, 0.6) is 0 Å². The molecule has 1 aromatic heterocycles. The molecule has 110 valence electrons. The van der Waals surface area contributed by atoms with Crippen LogP contribution in [-0.4, -0.2) is 63.2 Å². The molecule has 0 saturated carbocycles. The first-order valence-corrected chi connectivity index (χ1v) is 6.61. The van der Waals surface area contributed by atoms with Crippen LogP contribution in [0.15, 0.2) is 6.20 Å². The first-order chi connectivity index (χ1) is 9.65. The summed E-state index contributed by atoms with van der Waals surface area (Å²) in [5.41, 5.74) is 0.428. The van der Waals surface area contributed by atoms with Crippen LogP contribution in [-0.2, 0) is 27.3 Å². The molecule has 1 amide bonds. The van der Waals surface area contributed by atoms with E-state index < -0.39 is 5.97 Å². The summed E-state index contributed by atoms with van der Waals surface area (Å²) in [6, 6.07) is 0. The van der Waals surface area contributed by atoms with E-state index in [1.807, 2.05) is 0 Å². The molecule has 8 nitrogen and oxygen atoms in total. The average Bonchev–Trinajstić information content (AvgIpc) is 2.86. The van der Waals surface area contributed by atoms with E-state index >= 15 is 0 Å². The van der Waals surface area contributed by atoms with Crippen LogP contribution in [0.4, 0.5) is 0 Å². The fourth-order valence-corrected chi connectivity index (χ4v) is 2.05. The van der Waals surface area contributed by atoms with Gasteiger partial charge in [-0.15, -0.1) is 5.10 Å². The first kappa shape index (κ1) is 14.4. The molecule has 1 aliphatic heterocycles. The largest absolute Gasteiger partial charge is 0.481 e. The molecule has 1 aliphatic rings. The van der Waals surface area contributed by atoms with Gasteiger partial charge >= 0.3 is 5.97 Å². The van der Waals surface area contributed by atoms with Crippen LogP contribution in [0.25, 0.3) is 0 Å². The number of hydrogen-bond acceptors (Lipinski definition) is 5. The number of morpholine rings is 1. The molecule has 0 spiro atoms. The zero-order chi connectivity index (χ0) is 14.4. The SMILES string of the molecule is O=C(O)Cc1cn(CCCC(=O)N2CCOCC2)nn1. The zero-order valence-corrected chi connectivity index (χ0v) is 11.2. The molecule has 20 heavy (non-hydrogen) atoms. The van der Waals surface area contributed by atoms with Gasteiger partial charge in [0.05, 0.1) is 25.3 Å². The van der Waals surface area contributed by atoms with Crippen molar-refractivity contribution in [3.63, 3.8) is 0 Å². The molecule has 0 aliphatic carbocycles. The highest BCUT2D eigenvalue weighted by atomic mass is 16.5. The van der Waals surface area contributed by atoms with E-state index in [0.29, 0.717) is 51.4 Å². The minimum atomic E-state index is -0.931. The number of carbonyl (C=O) groups is 2. The first-order valence-electron chi connectivity index (χ1n) is 6.61. The Morgan fingerprint density at radius 3 is 2.80 bits per heavy atom. The molecule has 2 heterocycles. The van der Waals surface area contributed by atoms with Gasteiger partial charge in [-0.25, -0.2) is 0 Å². The van der Waals surface area contributed by atoms with Crippen molar-refractivity contribution < 1.29 is 19.4 Å². The number of nitrogens with zero attached hydrogens (tertiary/aromatic N) is 4. The molecule has 1 saturated heterocycles. The van der Waals surface area contributed by atoms with E-state index in [4.69, 9.17) is 9.84 Å². The summed E-state index contributed by atoms with van der Waals surface area (Å²) in [5.74, 6) is -0.807. The Balaban J connectivity index is 1.70. The third-order valence-electron chi connectivity index (χ3n) is 3.06. The topological polar surface area (TPSA) is 97.5 Å². The molecule has 0 bridgehead atoms. The number of aryl methyl sites for hydroxylation is 1. The van der Waals surface area contributed by atoms with Crippen molar-refractivity contribution >= 4 is 11.9 Å². The maximum atomic E-state index is 11.9. The molecule has 0 radical (unpaired) electrons. The van der Waals surface area contributed by atoms with E-state index in [1.165, 1.54) is 0 Å². The highest BCUT2D eigenvalue weighted by Crippen LogP contribution is 2.04. The fraction of sp³-hybridized carbons (Fsp3) is 0.667. The van der Waals surface area contributed by atoms with Crippen LogP contribution in [0.2, 0.25) is 0 Å². The summed E-state index contributed by atoms with van der Waals surface area (Å²) in [6.45, 7) is 3.08. The van der Waals surface area contributed by atoms with Gasteiger partial charge in [-0.3, -0.25) is 14.3 Å². The zero-order valence-electron chi connectivity index (χ0n) is 11.2. The molecule has 1 fully saturated rings. The van der Waals surface area contributed by atoms with Crippen molar-refractivity contribution in [1.82, 2.24) is 19.9 Å². The lowest BCUT2D eigenvalue weighted by molar-refractivity contribution is -0.136. The Hall–Kier alpha value is -1.96. The minimum Gasteiger partial charge on any atom is -0.481 e. The van der Waals surface area contributed by atoms with Gasteiger partial charge < -0.3 is 14.7 Å². The second kappa shape index (κ2) is 6.99. The number of aromatic nitrogens is 3. The van der Waals surface area contributed by atoms with Crippen molar-refractivity contribution in [2.75, 3.05) is 26.3 Å². The third kappa shape index (κ3) is 4.30. The Labute approximate surface area is 116 Å². The number of hydrogen-bond donors (Lipinski definition) is 1. The van der Waals surface area contributed by atoms with Gasteiger partial charge in [0.15, 0.2) is 0 Å². The van der Waals surface area contributed by atoms with Gasteiger partial charge in [-0.05, 0) is 6.42 Å². The normalized spacial score (nSPS) is 15.3. The second-order valence-corrected chi connectivity index (χ2v) is 4.64. The standard InChI is InChI=1S/C12H18N4O4/c17-11(15-4-6-20-7-5-15)2-1-3-16-9-10(13-14-16)8-12(18)19/h9H,1-8H2,(H,18,19). The number of amides is 1. The molecule has 2 rings (SSSR count). The number of aliphatic carboxylic acids is 1. The van der Waals surface area contributed by atoms with Gasteiger partial charge in [0.1, 0.15) is 0 Å². The summed E-state index contributed by atoms with van der Waals surface area (Å²) >= 11 is 0. The van der Waals surface area contributed by atoms with Crippen LogP contribution >= 0.6 is 0 Å². The molecule has 0 atom stereocenters. The lowest BCUT2D eigenvalue weighted by atomic mass is 10.2. The average molecular weight is 282 g/mol. The van der Waals surface area contributed by atoms with Gasteiger partial charge in [0.2, 0.25) is 5.91 Å². The molecular weight excluding hydrogens is 264 g/mol. The van der Waals surface area contributed by atoms with Crippen LogP contribution in [0, 0.1) is 0 Å².